The van der Waals surface area contributed by atoms with Crippen LogP contribution in [0.1, 0.15) is 76.1 Å². The smallest absolute Gasteiger partial charge is 0.411 e. The average molecular weight is 463 g/mol. The third-order valence-electron chi connectivity index (χ3n) is 4.55. The van der Waals surface area contributed by atoms with Gasteiger partial charge < -0.3 is 9.47 Å². The second-order valence-corrected chi connectivity index (χ2v) is 10.2. The Kier molecular flexibility index (Phi) is 7.90. The van der Waals surface area contributed by atoms with Crippen LogP contribution in [-0.4, -0.2) is 64.2 Å². The van der Waals surface area contributed by atoms with Gasteiger partial charge in [0.05, 0.1) is 24.3 Å². The molecule has 1 aromatic rings. The number of imide groups is 1. The van der Waals surface area contributed by atoms with Crippen molar-refractivity contribution in [1.82, 2.24) is 9.96 Å². The number of carbonyl (C=O) groups is 4. The molecule has 0 bridgehead atoms. The molecule has 0 saturated heterocycles. The summed E-state index contributed by atoms with van der Waals surface area (Å²) in [7, 11) is 0. The Labute approximate surface area is 194 Å². The largest absolute Gasteiger partial charge is 0.458 e. The van der Waals surface area contributed by atoms with Crippen LogP contribution in [0.3, 0.4) is 0 Å². The van der Waals surface area contributed by atoms with Gasteiger partial charge in [-0.2, -0.15) is 0 Å². The zero-order chi connectivity index (χ0) is 25.1. The van der Waals surface area contributed by atoms with E-state index in [1.807, 2.05) is 0 Å². The molecule has 9 heteroatoms. The Morgan fingerprint density at radius 1 is 0.909 bits per heavy atom. The summed E-state index contributed by atoms with van der Waals surface area (Å²) in [5, 5.41) is 0.676. The van der Waals surface area contributed by atoms with E-state index in [1.165, 1.54) is 4.90 Å². The summed E-state index contributed by atoms with van der Waals surface area (Å²) < 4.78 is 11.0. The molecule has 0 aliphatic carbocycles. The summed E-state index contributed by atoms with van der Waals surface area (Å²) in [6.07, 6.45) is -0.724. The first-order chi connectivity index (χ1) is 15.1. The van der Waals surface area contributed by atoms with Crippen LogP contribution in [0.15, 0.2) is 24.3 Å². The lowest BCUT2D eigenvalue weighted by Crippen LogP contribution is -2.53. The molecule has 33 heavy (non-hydrogen) atoms. The third-order valence-corrected chi connectivity index (χ3v) is 4.55. The van der Waals surface area contributed by atoms with Crippen molar-refractivity contribution in [2.75, 3.05) is 13.2 Å². The van der Waals surface area contributed by atoms with Crippen molar-refractivity contribution in [2.24, 2.45) is 5.92 Å². The second-order valence-electron chi connectivity index (χ2n) is 10.2. The van der Waals surface area contributed by atoms with Crippen molar-refractivity contribution in [3.05, 3.63) is 35.4 Å². The van der Waals surface area contributed by atoms with E-state index in [-0.39, 0.29) is 30.2 Å². The van der Waals surface area contributed by atoms with E-state index in [1.54, 1.807) is 79.7 Å². The Bertz CT molecular complexity index is 877. The number of benzene rings is 1. The van der Waals surface area contributed by atoms with Gasteiger partial charge in [0, 0.05) is 0 Å². The number of hydroxylamine groups is 2. The van der Waals surface area contributed by atoms with Gasteiger partial charge in [-0.15, -0.1) is 5.06 Å². The average Bonchev–Trinajstić information content (AvgIpc) is 2.89. The molecule has 0 radical (unpaired) electrons. The first kappa shape index (κ1) is 26.3. The van der Waals surface area contributed by atoms with E-state index in [9.17, 15) is 19.2 Å². The molecule has 1 atom stereocenters. The number of carbonyl (C=O) groups excluding carboxylic acids is 4. The fourth-order valence-corrected chi connectivity index (χ4v) is 3.30. The van der Waals surface area contributed by atoms with Crippen LogP contribution >= 0.6 is 0 Å². The lowest BCUT2D eigenvalue weighted by Gasteiger charge is -2.35. The van der Waals surface area contributed by atoms with E-state index >= 15 is 0 Å². The minimum Gasteiger partial charge on any atom is -0.458 e. The van der Waals surface area contributed by atoms with Crippen molar-refractivity contribution in [3.63, 3.8) is 0 Å². The van der Waals surface area contributed by atoms with Crippen LogP contribution in [0, 0.1) is 5.92 Å². The molecule has 0 aromatic heterocycles. The van der Waals surface area contributed by atoms with E-state index in [2.05, 4.69) is 0 Å². The van der Waals surface area contributed by atoms with Crippen LogP contribution in [0.2, 0.25) is 0 Å². The minimum absolute atomic E-state index is 0.107. The lowest BCUT2D eigenvalue weighted by molar-refractivity contribution is -0.164. The molecule has 182 valence electrons. The molecule has 0 unspecified atom stereocenters. The van der Waals surface area contributed by atoms with E-state index < -0.39 is 41.1 Å². The van der Waals surface area contributed by atoms with E-state index in [0.29, 0.717) is 5.06 Å². The summed E-state index contributed by atoms with van der Waals surface area (Å²) in [6.45, 7) is 13.6. The molecule has 1 heterocycles. The number of ether oxygens (including phenoxy) is 2. The molecular weight excluding hydrogens is 428 g/mol. The van der Waals surface area contributed by atoms with Gasteiger partial charge in [-0.3, -0.25) is 19.3 Å². The standard InChI is InChI=1S/C24H34N2O7/c1-15(2)18(21(29)32-23(3,4)5)25(22(30)33-24(6,7)8)13-14-31-26-19(27)16-11-9-10-12-17(16)20(26)28/h9-12,15,18H,13-14H2,1-8H3/t18-/m0/s1. The number of esters is 1. The molecule has 9 nitrogen and oxygen atoms in total. The molecule has 1 aliphatic rings. The van der Waals surface area contributed by atoms with Crippen LogP contribution < -0.4 is 0 Å². The van der Waals surface area contributed by atoms with Gasteiger partial charge in [0.2, 0.25) is 0 Å². The monoisotopic (exact) mass is 462 g/mol. The molecule has 0 saturated carbocycles. The highest BCUT2D eigenvalue weighted by Gasteiger charge is 2.39. The van der Waals surface area contributed by atoms with Crippen molar-refractivity contribution in [1.29, 1.82) is 0 Å². The highest BCUT2D eigenvalue weighted by atomic mass is 16.7. The van der Waals surface area contributed by atoms with Gasteiger partial charge in [-0.1, -0.05) is 26.0 Å². The molecule has 0 spiro atoms. The molecule has 1 aromatic carbocycles. The number of amides is 3. The zero-order valence-electron chi connectivity index (χ0n) is 20.6. The second kappa shape index (κ2) is 9.91. The topological polar surface area (TPSA) is 102 Å². The van der Waals surface area contributed by atoms with Gasteiger partial charge in [0.25, 0.3) is 11.8 Å². The number of hydrogen-bond donors (Lipinski definition) is 0. The Morgan fingerprint density at radius 3 is 1.82 bits per heavy atom. The molecule has 3 amide bonds. The van der Waals surface area contributed by atoms with Gasteiger partial charge in [-0.05, 0) is 59.6 Å². The maximum absolute atomic E-state index is 13.0. The normalized spacial score (nSPS) is 14.9. The van der Waals surface area contributed by atoms with Crippen molar-refractivity contribution >= 4 is 23.9 Å². The minimum atomic E-state index is -0.954. The molecular formula is C24H34N2O7. The van der Waals surface area contributed by atoms with E-state index in [4.69, 9.17) is 14.3 Å². The fraction of sp³-hybridized carbons (Fsp3) is 0.583. The predicted octanol–water partition coefficient (Wildman–Crippen LogP) is 3.82. The highest BCUT2D eigenvalue weighted by molar-refractivity contribution is 6.20. The maximum atomic E-state index is 13.0. The van der Waals surface area contributed by atoms with Crippen LogP contribution in [0.25, 0.3) is 0 Å². The lowest BCUT2D eigenvalue weighted by atomic mass is 10.0. The fourth-order valence-electron chi connectivity index (χ4n) is 3.30. The SMILES string of the molecule is CC(C)[C@@H](C(=O)OC(C)(C)C)N(CCON1C(=O)c2ccccc2C1=O)C(=O)OC(C)(C)C. The van der Waals surface area contributed by atoms with Crippen LogP contribution in [0.4, 0.5) is 4.79 Å². The Morgan fingerprint density at radius 2 is 1.39 bits per heavy atom. The molecule has 2 rings (SSSR count). The number of fused-ring (bicyclic) bond motifs is 1. The predicted molar refractivity (Wildman–Crippen MR) is 120 cm³/mol. The van der Waals surface area contributed by atoms with Crippen molar-refractivity contribution in [3.8, 4) is 0 Å². The maximum Gasteiger partial charge on any atom is 0.411 e. The van der Waals surface area contributed by atoms with Gasteiger partial charge in [0.1, 0.15) is 17.2 Å². The van der Waals surface area contributed by atoms with Gasteiger partial charge in [-0.25, -0.2) is 9.59 Å². The highest BCUT2D eigenvalue weighted by Crippen LogP contribution is 2.24. The molecule has 0 fully saturated rings. The van der Waals surface area contributed by atoms with Gasteiger partial charge in [0.15, 0.2) is 0 Å². The summed E-state index contributed by atoms with van der Waals surface area (Å²) >= 11 is 0. The molecule has 1 aliphatic heterocycles. The number of hydrogen-bond acceptors (Lipinski definition) is 7. The first-order valence-electron chi connectivity index (χ1n) is 11.0. The van der Waals surface area contributed by atoms with E-state index in [0.717, 1.165) is 0 Å². The Hall–Kier alpha value is -2.94. The number of nitrogens with zero attached hydrogens (tertiary/aromatic N) is 2. The summed E-state index contributed by atoms with van der Waals surface area (Å²) in [5.41, 5.74) is -1.05. The first-order valence-corrected chi connectivity index (χ1v) is 11.0. The molecule has 0 N–H and O–H groups in total. The zero-order valence-corrected chi connectivity index (χ0v) is 20.6. The quantitative estimate of drug-likeness (QED) is 0.448. The summed E-state index contributed by atoms with van der Waals surface area (Å²) in [4.78, 5) is 57.7. The van der Waals surface area contributed by atoms with Crippen molar-refractivity contribution in [2.45, 2.75) is 72.6 Å². The number of rotatable bonds is 7. The summed E-state index contributed by atoms with van der Waals surface area (Å²) in [5.74, 6) is -2.03. The van der Waals surface area contributed by atoms with Crippen LogP contribution in [0.5, 0.6) is 0 Å². The Balaban J connectivity index is 2.20. The van der Waals surface area contributed by atoms with Crippen LogP contribution in [-0.2, 0) is 19.1 Å². The van der Waals surface area contributed by atoms with Crippen molar-refractivity contribution < 1.29 is 33.5 Å². The summed E-state index contributed by atoms with van der Waals surface area (Å²) in [6, 6.07) is 5.45. The third kappa shape index (κ3) is 6.77. The van der Waals surface area contributed by atoms with Gasteiger partial charge >= 0.3 is 12.1 Å².